The molecule has 1 saturated heterocycles. The zero-order valence-corrected chi connectivity index (χ0v) is 12.4. The molecule has 1 amide bonds. The van der Waals surface area contributed by atoms with E-state index in [2.05, 4.69) is 16.9 Å². The van der Waals surface area contributed by atoms with E-state index in [1.807, 2.05) is 27.7 Å². The molecule has 0 aliphatic carbocycles. The molecule has 1 fully saturated rings. The highest BCUT2D eigenvalue weighted by Crippen LogP contribution is 2.27. The van der Waals surface area contributed by atoms with Gasteiger partial charge in [0.1, 0.15) is 11.4 Å². The fourth-order valence-electron chi connectivity index (χ4n) is 2.19. The van der Waals surface area contributed by atoms with Crippen molar-refractivity contribution in [2.45, 2.75) is 52.6 Å². The number of ether oxygens (including phenoxy) is 1. The van der Waals surface area contributed by atoms with Crippen molar-refractivity contribution in [1.29, 1.82) is 0 Å². The van der Waals surface area contributed by atoms with Gasteiger partial charge in [0.2, 0.25) is 0 Å². The van der Waals surface area contributed by atoms with Gasteiger partial charge in [-0.1, -0.05) is 6.92 Å². The van der Waals surface area contributed by atoms with E-state index >= 15 is 0 Å². The van der Waals surface area contributed by atoms with Gasteiger partial charge in [-0.05, 0) is 34.1 Å². The summed E-state index contributed by atoms with van der Waals surface area (Å²) in [5.41, 5.74) is 1.82. The molecule has 106 valence electrons. The van der Waals surface area contributed by atoms with Gasteiger partial charge in [-0.3, -0.25) is 0 Å². The van der Waals surface area contributed by atoms with E-state index < -0.39 is 5.60 Å². The largest absolute Gasteiger partial charge is 0.444 e. The molecule has 0 saturated carbocycles. The second-order valence-corrected chi connectivity index (χ2v) is 6.13. The number of nitrogens with zero attached hydrogens (tertiary/aromatic N) is 2. The average Bonchev–Trinajstić information content (AvgIpc) is 2.54. The third kappa shape index (κ3) is 3.08. The van der Waals surface area contributed by atoms with Gasteiger partial charge in [0.05, 0.1) is 11.6 Å². The monoisotopic (exact) mass is 265 g/mol. The molecule has 1 aliphatic rings. The minimum atomic E-state index is -0.432. The molecular formula is C14H23N3O2. The third-order valence-corrected chi connectivity index (χ3v) is 3.26. The lowest BCUT2D eigenvalue weighted by Crippen LogP contribution is -2.50. The number of hydrogen-bond acceptors (Lipinski definition) is 3. The second-order valence-electron chi connectivity index (χ2n) is 6.13. The van der Waals surface area contributed by atoms with E-state index in [1.54, 1.807) is 4.90 Å². The van der Waals surface area contributed by atoms with Crippen LogP contribution in [-0.4, -0.2) is 39.7 Å². The quantitative estimate of drug-likeness (QED) is 0.894. The predicted octanol–water partition coefficient (Wildman–Crippen LogP) is 2.61. The normalized spacial score (nSPS) is 16.4. The topological polar surface area (TPSA) is 58.2 Å². The van der Waals surface area contributed by atoms with Gasteiger partial charge in [0.15, 0.2) is 0 Å². The van der Waals surface area contributed by atoms with Gasteiger partial charge in [0.25, 0.3) is 0 Å². The number of aromatic amines is 1. The zero-order valence-electron chi connectivity index (χ0n) is 12.4. The number of carbonyl (C=O) groups is 1. The van der Waals surface area contributed by atoms with Gasteiger partial charge in [-0.2, -0.15) is 0 Å². The SMILES string of the molecule is CCc1nc(C2CN(C(=O)OC(C)(C)C)C2)[nH]c1C. The van der Waals surface area contributed by atoms with Crippen LogP contribution in [0.15, 0.2) is 0 Å². The zero-order chi connectivity index (χ0) is 14.2. The minimum Gasteiger partial charge on any atom is -0.444 e. The lowest BCUT2D eigenvalue weighted by Gasteiger charge is -2.38. The van der Waals surface area contributed by atoms with Crippen LogP contribution in [0.4, 0.5) is 4.79 Å². The number of aryl methyl sites for hydroxylation is 2. The van der Waals surface area contributed by atoms with Crippen molar-refractivity contribution in [3.05, 3.63) is 17.2 Å². The molecule has 1 aromatic rings. The smallest absolute Gasteiger partial charge is 0.410 e. The number of rotatable bonds is 2. The van der Waals surface area contributed by atoms with E-state index in [-0.39, 0.29) is 6.09 Å². The van der Waals surface area contributed by atoms with Crippen LogP contribution in [0.25, 0.3) is 0 Å². The lowest BCUT2D eigenvalue weighted by atomic mass is 10.0. The Balaban J connectivity index is 1.90. The first-order valence-corrected chi connectivity index (χ1v) is 6.83. The Morgan fingerprint density at radius 3 is 2.58 bits per heavy atom. The van der Waals surface area contributed by atoms with Crippen LogP contribution in [0.3, 0.4) is 0 Å². The van der Waals surface area contributed by atoms with Gasteiger partial charge in [-0.15, -0.1) is 0 Å². The Morgan fingerprint density at radius 2 is 2.11 bits per heavy atom. The number of H-pyrrole nitrogens is 1. The summed E-state index contributed by atoms with van der Waals surface area (Å²) >= 11 is 0. The maximum Gasteiger partial charge on any atom is 0.410 e. The highest BCUT2D eigenvalue weighted by molar-refractivity contribution is 5.69. The van der Waals surface area contributed by atoms with Crippen LogP contribution in [0.1, 0.15) is 50.8 Å². The summed E-state index contributed by atoms with van der Waals surface area (Å²) in [6.07, 6.45) is 0.702. The molecule has 1 N–H and O–H groups in total. The lowest BCUT2D eigenvalue weighted by molar-refractivity contribution is 0.00758. The number of carbonyl (C=O) groups excluding carboxylic acids is 1. The fourth-order valence-corrected chi connectivity index (χ4v) is 2.19. The first-order valence-electron chi connectivity index (χ1n) is 6.83. The number of hydrogen-bond donors (Lipinski definition) is 1. The summed E-state index contributed by atoms with van der Waals surface area (Å²) in [6, 6.07) is 0. The van der Waals surface area contributed by atoms with E-state index in [0.29, 0.717) is 19.0 Å². The van der Waals surface area contributed by atoms with E-state index in [1.165, 1.54) is 0 Å². The van der Waals surface area contributed by atoms with Crippen molar-refractivity contribution in [1.82, 2.24) is 14.9 Å². The maximum atomic E-state index is 11.8. The highest BCUT2D eigenvalue weighted by Gasteiger charge is 2.36. The van der Waals surface area contributed by atoms with Crippen LogP contribution in [0, 0.1) is 6.92 Å². The van der Waals surface area contributed by atoms with Crippen molar-refractivity contribution < 1.29 is 9.53 Å². The molecule has 5 nitrogen and oxygen atoms in total. The summed E-state index contributed by atoms with van der Waals surface area (Å²) in [5, 5.41) is 0. The molecule has 0 radical (unpaired) electrons. The standard InChI is InChI=1S/C14H23N3O2/c1-6-11-9(2)15-12(16-11)10-7-17(8-10)13(18)19-14(3,4)5/h10H,6-8H2,1-5H3,(H,15,16). The molecular weight excluding hydrogens is 242 g/mol. The maximum absolute atomic E-state index is 11.8. The van der Waals surface area contributed by atoms with E-state index in [0.717, 1.165) is 23.6 Å². The van der Waals surface area contributed by atoms with Crippen molar-refractivity contribution in [2.24, 2.45) is 0 Å². The number of imidazole rings is 1. The molecule has 19 heavy (non-hydrogen) atoms. The number of nitrogens with one attached hydrogen (secondary N) is 1. The number of aromatic nitrogens is 2. The molecule has 0 unspecified atom stereocenters. The fraction of sp³-hybridized carbons (Fsp3) is 0.714. The van der Waals surface area contributed by atoms with Crippen molar-refractivity contribution in [3.63, 3.8) is 0 Å². The molecule has 0 spiro atoms. The second kappa shape index (κ2) is 4.87. The Morgan fingerprint density at radius 1 is 1.47 bits per heavy atom. The molecule has 5 heteroatoms. The van der Waals surface area contributed by atoms with E-state index in [9.17, 15) is 4.79 Å². The Kier molecular flexibility index (Phi) is 3.56. The number of amides is 1. The van der Waals surface area contributed by atoms with Crippen molar-refractivity contribution in [3.8, 4) is 0 Å². The first-order chi connectivity index (χ1) is 8.80. The molecule has 1 aliphatic heterocycles. The molecule has 1 aromatic heterocycles. The molecule has 0 bridgehead atoms. The average molecular weight is 265 g/mol. The Hall–Kier alpha value is -1.52. The van der Waals surface area contributed by atoms with Crippen LogP contribution in [0.2, 0.25) is 0 Å². The molecule has 0 aromatic carbocycles. The summed E-state index contributed by atoms with van der Waals surface area (Å²) in [7, 11) is 0. The first kappa shape index (κ1) is 13.9. The molecule has 2 heterocycles. The van der Waals surface area contributed by atoms with Crippen LogP contribution < -0.4 is 0 Å². The van der Waals surface area contributed by atoms with Crippen LogP contribution >= 0.6 is 0 Å². The van der Waals surface area contributed by atoms with Crippen LogP contribution in [-0.2, 0) is 11.2 Å². The van der Waals surface area contributed by atoms with Gasteiger partial charge in [-0.25, -0.2) is 9.78 Å². The molecule has 0 atom stereocenters. The van der Waals surface area contributed by atoms with Gasteiger partial charge >= 0.3 is 6.09 Å². The number of likely N-dealkylation sites (tertiary alicyclic amines) is 1. The highest BCUT2D eigenvalue weighted by atomic mass is 16.6. The Bertz CT molecular complexity index is 468. The third-order valence-electron chi connectivity index (χ3n) is 3.26. The van der Waals surface area contributed by atoms with Crippen LogP contribution in [0.5, 0.6) is 0 Å². The summed E-state index contributed by atoms with van der Waals surface area (Å²) in [6.45, 7) is 11.2. The summed E-state index contributed by atoms with van der Waals surface area (Å²) in [5.74, 6) is 1.31. The predicted molar refractivity (Wildman–Crippen MR) is 73.3 cm³/mol. The summed E-state index contributed by atoms with van der Waals surface area (Å²) < 4.78 is 5.33. The summed E-state index contributed by atoms with van der Waals surface area (Å²) in [4.78, 5) is 21.4. The van der Waals surface area contributed by atoms with Gasteiger partial charge in [0, 0.05) is 18.8 Å². The Labute approximate surface area is 114 Å². The minimum absolute atomic E-state index is 0.234. The van der Waals surface area contributed by atoms with E-state index in [4.69, 9.17) is 4.74 Å². The van der Waals surface area contributed by atoms with Crippen molar-refractivity contribution in [2.75, 3.05) is 13.1 Å². The van der Waals surface area contributed by atoms with Gasteiger partial charge < -0.3 is 14.6 Å². The molecule has 2 rings (SSSR count). The van der Waals surface area contributed by atoms with Crippen molar-refractivity contribution >= 4 is 6.09 Å².